The van der Waals surface area contributed by atoms with Crippen molar-refractivity contribution < 1.29 is 0 Å². The van der Waals surface area contributed by atoms with Gasteiger partial charge in [-0.1, -0.05) is 36.9 Å². The summed E-state index contributed by atoms with van der Waals surface area (Å²) in [5, 5.41) is 8.97. The van der Waals surface area contributed by atoms with Crippen molar-refractivity contribution in [2.24, 2.45) is 0 Å². The van der Waals surface area contributed by atoms with Gasteiger partial charge in [0.15, 0.2) is 4.34 Å². The van der Waals surface area contributed by atoms with Gasteiger partial charge in [-0.05, 0) is 23.2 Å². The van der Waals surface area contributed by atoms with E-state index in [1.54, 1.807) is 11.8 Å². The van der Waals surface area contributed by atoms with Gasteiger partial charge in [0.1, 0.15) is 5.82 Å². The topological polar surface area (TPSA) is 49.6 Å². The first-order chi connectivity index (χ1) is 8.33. The highest BCUT2D eigenvalue weighted by Gasteiger charge is 2.05. The van der Waals surface area contributed by atoms with Crippen molar-refractivity contribution in [1.82, 2.24) is 9.36 Å². The number of benzene rings is 1. The minimum atomic E-state index is 0.736. The number of rotatable bonds is 4. The molecule has 5 heteroatoms. The molecule has 0 bridgehead atoms. The van der Waals surface area contributed by atoms with Crippen LogP contribution in [-0.2, 0) is 12.2 Å². The zero-order chi connectivity index (χ0) is 12.1. The van der Waals surface area contributed by atoms with Crippen molar-refractivity contribution in [1.29, 1.82) is 5.26 Å². The lowest BCUT2D eigenvalue weighted by Gasteiger charge is -2.00. The second kappa shape index (κ2) is 5.80. The lowest BCUT2D eigenvalue weighted by Crippen LogP contribution is -1.86. The second-order valence-corrected chi connectivity index (χ2v) is 5.36. The molecular weight excluding hydrogens is 250 g/mol. The molecule has 0 unspecified atom stereocenters. The van der Waals surface area contributed by atoms with Crippen molar-refractivity contribution in [3.8, 4) is 6.07 Å². The Morgan fingerprint density at radius 1 is 1.41 bits per heavy atom. The molecule has 0 aliphatic rings. The summed E-state index contributed by atoms with van der Waals surface area (Å²) in [4.78, 5) is 4.39. The van der Waals surface area contributed by atoms with E-state index in [0.29, 0.717) is 0 Å². The van der Waals surface area contributed by atoms with E-state index in [2.05, 4.69) is 15.4 Å². The van der Waals surface area contributed by atoms with E-state index >= 15 is 0 Å². The van der Waals surface area contributed by atoms with Crippen molar-refractivity contribution in [3.05, 3.63) is 41.2 Å². The maximum Gasteiger partial charge on any atom is 0.170 e. The summed E-state index contributed by atoms with van der Waals surface area (Å²) in [6.45, 7) is 2.04. The van der Waals surface area contributed by atoms with Crippen LogP contribution >= 0.6 is 23.3 Å². The van der Waals surface area contributed by atoms with Gasteiger partial charge in [-0.15, -0.1) is 0 Å². The molecule has 0 N–H and O–H groups in total. The summed E-state index contributed by atoms with van der Waals surface area (Å²) in [6.07, 6.45) is 0.867. The summed E-state index contributed by atoms with van der Waals surface area (Å²) >= 11 is 3.06. The molecule has 1 heterocycles. The summed E-state index contributed by atoms with van der Waals surface area (Å²) in [5.41, 5.74) is 1.79. The lowest BCUT2D eigenvalue weighted by atomic mass is 10.1. The van der Waals surface area contributed by atoms with E-state index < -0.39 is 0 Å². The molecule has 0 fully saturated rings. The molecule has 0 saturated heterocycles. The quantitative estimate of drug-likeness (QED) is 0.793. The first-order valence-corrected chi connectivity index (χ1v) is 7.02. The zero-order valence-electron chi connectivity index (χ0n) is 9.38. The average Bonchev–Trinajstić information content (AvgIpc) is 2.84. The summed E-state index contributed by atoms with van der Waals surface area (Å²) in [6, 6.07) is 9.86. The normalized spacial score (nSPS) is 10.1. The summed E-state index contributed by atoms with van der Waals surface area (Å²) in [5.74, 6) is 1.66. The number of nitrogens with zero attached hydrogens (tertiary/aromatic N) is 3. The molecule has 0 spiro atoms. The minimum Gasteiger partial charge on any atom is -0.213 e. The highest BCUT2D eigenvalue weighted by atomic mass is 32.2. The molecule has 0 amide bonds. The van der Waals surface area contributed by atoms with Crippen molar-refractivity contribution in [3.63, 3.8) is 0 Å². The highest BCUT2D eigenvalue weighted by Crippen LogP contribution is 2.25. The molecule has 2 aromatic rings. The third-order valence-corrected chi connectivity index (χ3v) is 4.17. The van der Waals surface area contributed by atoms with Gasteiger partial charge >= 0.3 is 0 Å². The third kappa shape index (κ3) is 3.05. The molecule has 1 aromatic carbocycles. The fourth-order valence-corrected chi connectivity index (χ4v) is 3.03. The van der Waals surface area contributed by atoms with Gasteiger partial charge in [-0.3, -0.25) is 0 Å². The molecule has 0 aliphatic heterocycles. The van der Waals surface area contributed by atoms with Crippen molar-refractivity contribution in [2.75, 3.05) is 0 Å². The van der Waals surface area contributed by atoms with Gasteiger partial charge in [-0.2, -0.15) is 9.64 Å². The Morgan fingerprint density at radius 3 is 2.94 bits per heavy atom. The zero-order valence-corrected chi connectivity index (χ0v) is 11.0. The van der Waals surface area contributed by atoms with E-state index in [9.17, 15) is 0 Å². The highest BCUT2D eigenvalue weighted by molar-refractivity contribution is 8.00. The first kappa shape index (κ1) is 12.1. The fraction of sp³-hybridized carbons (Fsp3) is 0.250. The van der Waals surface area contributed by atoms with Crippen LogP contribution in [0.4, 0.5) is 0 Å². The maximum atomic E-state index is 8.97. The molecule has 0 saturated carbocycles. The first-order valence-electron chi connectivity index (χ1n) is 5.27. The third-order valence-electron chi connectivity index (χ3n) is 2.25. The van der Waals surface area contributed by atoms with Gasteiger partial charge in [0, 0.05) is 12.2 Å². The molecule has 3 nitrogen and oxygen atoms in total. The molecule has 0 atom stereocenters. The van der Waals surface area contributed by atoms with Gasteiger partial charge in [-0.25, -0.2) is 4.98 Å². The Hall–Kier alpha value is -1.38. The Labute approximate surface area is 109 Å². The maximum absolute atomic E-state index is 8.97. The minimum absolute atomic E-state index is 0.736. The van der Waals surface area contributed by atoms with Crippen LogP contribution < -0.4 is 0 Å². The Bertz CT molecular complexity index is 543. The van der Waals surface area contributed by atoms with Gasteiger partial charge < -0.3 is 0 Å². The van der Waals surface area contributed by atoms with E-state index in [-0.39, 0.29) is 0 Å². The van der Waals surface area contributed by atoms with Crippen molar-refractivity contribution >= 4 is 23.3 Å². The molecule has 17 heavy (non-hydrogen) atoms. The van der Waals surface area contributed by atoms with Gasteiger partial charge in [0.25, 0.3) is 0 Å². The number of hydrogen-bond donors (Lipinski definition) is 0. The van der Waals surface area contributed by atoms with E-state index in [1.165, 1.54) is 11.5 Å². The lowest BCUT2D eigenvalue weighted by molar-refractivity contribution is 0.971. The Balaban J connectivity index is 2.05. The largest absolute Gasteiger partial charge is 0.213 e. The van der Waals surface area contributed by atoms with E-state index in [0.717, 1.165) is 33.5 Å². The van der Waals surface area contributed by atoms with Crippen LogP contribution in [0.15, 0.2) is 28.6 Å². The molecule has 0 radical (unpaired) electrons. The SMILES string of the molecule is CCc1nsc(SCc2ccccc2C#N)n1. The fourth-order valence-electron chi connectivity index (χ4n) is 1.33. The van der Waals surface area contributed by atoms with Crippen LogP contribution in [0.5, 0.6) is 0 Å². The van der Waals surface area contributed by atoms with Crippen LogP contribution in [0.25, 0.3) is 0 Å². The number of aryl methyl sites for hydroxylation is 1. The van der Waals surface area contributed by atoms with E-state index in [4.69, 9.17) is 5.26 Å². The molecule has 2 rings (SSSR count). The van der Waals surface area contributed by atoms with E-state index in [1.807, 2.05) is 31.2 Å². The standard InChI is InChI=1S/C12H11N3S2/c1-2-11-14-12(17-15-11)16-8-10-6-4-3-5-9(10)7-13/h3-6H,2,8H2,1H3. The van der Waals surface area contributed by atoms with Crippen LogP contribution in [0.2, 0.25) is 0 Å². The second-order valence-electron chi connectivity index (χ2n) is 3.39. The predicted octanol–water partition coefficient (Wildman–Crippen LogP) is 3.26. The number of hydrogen-bond acceptors (Lipinski definition) is 5. The van der Waals surface area contributed by atoms with Crippen molar-refractivity contribution in [2.45, 2.75) is 23.4 Å². The van der Waals surface area contributed by atoms with Crippen LogP contribution in [0.1, 0.15) is 23.9 Å². The Morgan fingerprint density at radius 2 is 2.24 bits per heavy atom. The summed E-state index contributed by atoms with van der Waals surface area (Å²) < 4.78 is 5.20. The van der Waals surface area contributed by atoms with Crippen LogP contribution in [0.3, 0.4) is 0 Å². The predicted molar refractivity (Wildman–Crippen MR) is 70.0 cm³/mol. The van der Waals surface area contributed by atoms with Crippen LogP contribution in [0, 0.1) is 11.3 Å². The van der Waals surface area contributed by atoms with Gasteiger partial charge in [0.05, 0.1) is 11.6 Å². The molecule has 0 aliphatic carbocycles. The number of nitriles is 1. The smallest absolute Gasteiger partial charge is 0.170 e. The molecule has 86 valence electrons. The summed E-state index contributed by atoms with van der Waals surface area (Å²) in [7, 11) is 0. The molecular formula is C12H11N3S2. The monoisotopic (exact) mass is 261 g/mol. The Kier molecular flexibility index (Phi) is 4.13. The molecule has 1 aromatic heterocycles. The van der Waals surface area contributed by atoms with Crippen LogP contribution in [-0.4, -0.2) is 9.36 Å². The number of aromatic nitrogens is 2. The average molecular weight is 261 g/mol. The number of thioether (sulfide) groups is 1. The van der Waals surface area contributed by atoms with Gasteiger partial charge in [0.2, 0.25) is 0 Å².